The van der Waals surface area contributed by atoms with E-state index in [0.29, 0.717) is 24.4 Å². The van der Waals surface area contributed by atoms with Gasteiger partial charge in [-0.1, -0.05) is 6.42 Å². The van der Waals surface area contributed by atoms with Gasteiger partial charge in [0, 0.05) is 37.9 Å². The fourth-order valence-corrected chi connectivity index (χ4v) is 6.20. The Balaban J connectivity index is 1.46. The third-order valence-corrected chi connectivity index (χ3v) is 7.53. The summed E-state index contributed by atoms with van der Waals surface area (Å²) in [6, 6.07) is 4.70. The molecule has 28 heavy (non-hydrogen) atoms. The first-order valence-electron chi connectivity index (χ1n) is 10.3. The third kappa shape index (κ3) is 3.31. The molecule has 0 unspecified atom stereocenters. The summed E-state index contributed by atoms with van der Waals surface area (Å²) in [5.74, 6) is 2.05. The van der Waals surface area contributed by atoms with Crippen LogP contribution in [0.4, 0.5) is 5.82 Å². The molecule has 3 fully saturated rings. The highest BCUT2D eigenvalue weighted by molar-refractivity contribution is 7.88. The van der Waals surface area contributed by atoms with E-state index >= 15 is 0 Å². The first kappa shape index (κ1) is 18.4. The molecule has 3 saturated heterocycles. The number of nitrogens with one attached hydrogen (secondary N) is 1. The second-order valence-electron chi connectivity index (χ2n) is 8.62. The Kier molecular flexibility index (Phi) is 4.60. The molecule has 0 aromatic carbocycles. The van der Waals surface area contributed by atoms with E-state index in [1.54, 1.807) is 6.26 Å². The number of piperidine rings is 3. The van der Waals surface area contributed by atoms with E-state index in [9.17, 15) is 8.42 Å². The number of furan rings is 1. The van der Waals surface area contributed by atoms with Gasteiger partial charge in [-0.3, -0.25) is 4.90 Å². The number of anilines is 1. The minimum Gasteiger partial charge on any atom is -0.464 e. The van der Waals surface area contributed by atoms with Crippen LogP contribution in [0.2, 0.25) is 0 Å². The molecule has 1 N–H and O–H groups in total. The van der Waals surface area contributed by atoms with Crippen LogP contribution in [0.15, 0.2) is 29.0 Å². The molecule has 8 heteroatoms. The number of sulfonamides is 1. The largest absolute Gasteiger partial charge is 0.464 e. The predicted octanol–water partition coefficient (Wildman–Crippen LogP) is 2.06. The molecule has 5 rings (SSSR count). The van der Waals surface area contributed by atoms with Gasteiger partial charge in [-0.05, 0) is 49.8 Å². The summed E-state index contributed by atoms with van der Waals surface area (Å²) in [7, 11) is -3.19. The van der Waals surface area contributed by atoms with Crippen LogP contribution in [-0.2, 0) is 10.0 Å². The Labute approximate surface area is 166 Å². The highest BCUT2D eigenvalue weighted by Crippen LogP contribution is 2.42. The first-order valence-corrected chi connectivity index (χ1v) is 12.2. The van der Waals surface area contributed by atoms with Crippen molar-refractivity contribution >= 4 is 26.8 Å². The molecule has 0 radical (unpaired) electrons. The second kappa shape index (κ2) is 7.00. The maximum absolute atomic E-state index is 11.7. The monoisotopic (exact) mass is 404 g/mol. The summed E-state index contributed by atoms with van der Waals surface area (Å²) in [4.78, 5) is 9.71. The molecule has 7 nitrogen and oxygen atoms in total. The van der Waals surface area contributed by atoms with Gasteiger partial charge >= 0.3 is 0 Å². The number of hydrogen-bond donors (Lipinski definition) is 1. The van der Waals surface area contributed by atoms with Gasteiger partial charge in [-0.15, -0.1) is 0 Å². The molecule has 4 atom stereocenters. The standard InChI is InChI=1S/C20H28N4O3S/c1-28(25,26)22-11-18-15-10-14(17-4-2-3-8-24(17)18)12-23(13-15)20-16-6-9-27-19(16)5-7-21-20/h5-7,9,14-15,17-18,22H,2-4,8,10-13H2,1H3/t14-,15+,17+,18+/m1/s1. The van der Waals surface area contributed by atoms with Gasteiger partial charge in [0.05, 0.1) is 17.9 Å². The van der Waals surface area contributed by atoms with Crippen molar-refractivity contribution in [3.8, 4) is 0 Å². The van der Waals surface area contributed by atoms with Crippen LogP contribution in [0.1, 0.15) is 25.7 Å². The van der Waals surface area contributed by atoms with E-state index in [-0.39, 0.29) is 6.04 Å². The van der Waals surface area contributed by atoms with Crippen molar-refractivity contribution in [3.05, 3.63) is 24.6 Å². The van der Waals surface area contributed by atoms with E-state index < -0.39 is 10.0 Å². The lowest BCUT2D eigenvalue weighted by molar-refractivity contribution is -0.0295. The average molecular weight is 405 g/mol. The average Bonchev–Trinajstić information content (AvgIpc) is 3.16. The summed E-state index contributed by atoms with van der Waals surface area (Å²) < 4.78 is 31.9. The van der Waals surface area contributed by atoms with Crippen LogP contribution in [0.25, 0.3) is 11.0 Å². The topological polar surface area (TPSA) is 78.7 Å². The normalized spacial score (nSPS) is 31.1. The third-order valence-electron chi connectivity index (χ3n) is 6.83. The Morgan fingerprint density at radius 1 is 1.25 bits per heavy atom. The van der Waals surface area contributed by atoms with E-state index in [0.717, 1.165) is 36.4 Å². The van der Waals surface area contributed by atoms with E-state index in [1.165, 1.54) is 31.9 Å². The molecular formula is C20H28N4O3S. The highest BCUT2D eigenvalue weighted by atomic mass is 32.2. The quantitative estimate of drug-likeness (QED) is 0.840. The van der Waals surface area contributed by atoms with Crippen molar-refractivity contribution in [2.24, 2.45) is 11.8 Å². The predicted molar refractivity (Wildman–Crippen MR) is 109 cm³/mol. The molecule has 2 aromatic heterocycles. The summed E-state index contributed by atoms with van der Waals surface area (Å²) in [5, 5.41) is 1.06. The first-order chi connectivity index (χ1) is 13.5. The number of nitrogens with zero attached hydrogens (tertiary/aromatic N) is 3. The molecule has 0 amide bonds. The Morgan fingerprint density at radius 3 is 2.96 bits per heavy atom. The molecule has 2 aromatic rings. The highest BCUT2D eigenvalue weighted by Gasteiger charge is 2.47. The minimum absolute atomic E-state index is 0.252. The summed E-state index contributed by atoms with van der Waals surface area (Å²) in [6.07, 6.45) is 9.67. The zero-order valence-electron chi connectivity index (χ0n) is 16.3. The van der Waals surface area contributed by atoms with Gasteiger partial charge in [0.2, 0.25) is 10.0 Å². The Hall–Kier alpha value is -1.64. The molecule has 0 saturated carbocycles. The smallest absolute Gasteiger partial charge is 0.208 e. The van der Waals surface area contributed by atoms with Crippen LogP contribution in [-0.4, -0.2) is 62.8 Å². The van der Waals surface area contributed by atoms with Crippen LogP contribution >= 0.6 is 0 Å². The molecular weight excluding hydrogens is 376 g/mol. The summed E-state index contributed by atoms with van der Waals surface area (Å²) in [5.41, 5.74) is 0.871. The Bertz CT molecular complexity index is 959. The van der Waals surface area contributed by atoms with Crippen LogP contribution < -0.4 is 9.62 Å². The zero-order chi connectivity index (χ0) is 19.3. The van der Waals surface area contributed by atoms with Crippen molar-refractivity contribution in [3.63, 3.8) is 0 Å². The van der Waals surface area contributed by atoms with Crippen molar-refractivity contribution < 1.29 is 12.8 Å². The molecule has 152 valence electrons. The second-order valence-corrected chi connectivity index (χ2v) is 10.4. The maximum Gasteiger partial charge on any atom is 0.208 e. The van der Waals surface area contributed by atoms with Crippen molar-refractivity contribution in [2.75, 3.05) is 37.3 Å². The SMILES string of the molecule is CS(=O)(=O)NC[C@H]1[C@H]2C[C@H](CN(c3nccc4occc34)C2)[C@@H]2CCCCN21. The van der Waals surface area contributed by atoms with Gasteiger partial charge in [0.15, 0.2) is 0 Å². The maximum atomic E-state index is 11.7. The van der Waals surface area contributed by atoms with Gasteiger partial charge in [0.1, 0.15) is 11.4 Å². The number of pyridine rings is 1. The molecule has 3 aliphatic heterocycles. The molecule has 0 spiro atoms. The number of fused-ring (bicyclic) bond motifs is 5. The van der Waals surface area contributed by atoms with Crippen molar-refractivity contribution in [2.45, 2.75) is 37.8 Å². The fraction of sp³-hybridized carbons (Fsp3) is 0.650. The van der Waals surface area contributed by atoms with Crippen LogP contribution in [0, 0.1) is 11.8 Å². The van der Waals surface area contributed by atoms with Crippen molar-refractivity contribution in [1.82, 2.24) is 14.6 Å². The Morgan fingerprint density at radius 2 is 2.11 bits per heavy atom. The van der Waals surface area contributed by atoms with Gasteiger partial charge < -0.3 is 9.32 Å². The van der Waals surface area contributed by atoms with E-state index in [1.807, 2.05) is 18.3 Å². The molecule has 2 bridgehead atoms. The number of hydrogen-bond acceptors (Lipinski definition) is 6. The summed E-state index contributed by atoms with van der Waals surface area (Å²) in [6.45, 7) is 3.52. The lowest BCUT2D eigenvalue weighted by Gasteiger charge is -2.57. The van der Waals surface area contributed by atoms with E-state index in [4.69, 9.17) is 4.42 Å². The lowest BCUT2D eigenvalue weighted by Crippen LogP contribution is -2.65. The van der Waals surface area contributed by atoms with Crippen LogP contribution in [0.5, 0.6) is 0 Å². The van der Waals surface area contributed by atoms with Gasteiger partial charge in [-0.2, -0.15) is 0 Å². The van der Waals surface area contributed by atoms with E-state index in [2.05, 4.69) is 19.5 Å². The lowest BCUT2D eigenvalue weighted by atomic mass is 9.72. The number of aromatic nitrogens is 1. The van der Waals surface area contributed by atoms with Crippen LogP contribution in [0.3, 0.4) is 0 Å². The minimum atomic E-state index is -3.19. The zero-order valence-corrected chi connectivity index (χ0v) is 17.1. The van der Waals surface area contributed by atoms with Crippen molar-refractivity contribution in [1.29, 1.82) is 0 Å². The number of rotatable bonds is 4. The molecule has 5 heterocycles. The molecule has 0 aliphatic carbocycles. The summed E-state index contributed by atoms with van der Waals surface area (Å²) >= 11 is 0. The van der Waals surface area contributed by atoms with Gasteiger partial charge in [-0.25, -0.2) is 18.1 Å². The van der Waals surface area contributed by atoms with Gasteiger partial charge in [0.25, 0.3) is 0 Å². The fourth-order valence-electron chi connectivity index (χ4n) is 5.73. The molecule has 3 aliphatic rings.